The summed E-state index contributed by atoms with van der Waals surface area (Å²) in [6.45, 7) is 3.41. The maximum Gasteiger partial charge on any atom is 0.417 e. The predicted molar refractivity (Wildman–Crippen MR) is 135 cm³/mol. The van der Waals surface area contributed by atoms with Crippen LogP contribution in [-0.4, -0.2) is 76.7 Å². The van der Waals surface area contributed by atoms with Crippen molar-refractivity contribution in [1.82, 2.24) is 24.6 Å². The van der Waals surface area contributed by atoms with Crippen molar-refractivity contribution in [2.45, 2.75) is 38.0 Å². The number of methoxy groups -OCH3 is 1. The SMILES string of the molecule is COCCOc1n[nH]c2ncc(N3CC[C@H](N(C)C(=O)Nc4cc(C(F)(F)F)cn(C)c4=O)C[C@@H]3C)cc12. The van der Waals surface area contributed by atoms with Gasteiger partial charge in [-0.2, -0.15) is 13.2 Å². The molecule has 1 saturated heterocycles. The lowest BCUT2D eigenvalue weighted by Gasteiger charge is -2.42. The third kappa shape index (κ3) is 5.69. The first-order chi connectivity index (χ1) is 18.0. The Labute approximate surface area is 216 Å². The first-order valence-corrected chi connectivity index (χ1v) is 12.0. The van der Waals surface area contributed by atoms with Gasteiger partial charge in [-0.25, -0.2) is 9.78 Å². The molecular weight excluding hydrogens is 507 g/mol. The van der Waals surface area contributed by atoms with Gasteiger partial charge < -0.3 is 29.2 Å². The number of hydrogen-bond acceptors (Lipinski definition) is 7. The first kappa shape index (κ1) is 27.2. The normalized spacial score (nSPS) is 18.0. The van der Waals surface area contributed by atoms with Gasteiger partial charge in [0.25, 0.3) is 5.56 Å². The minimum Gasteiger partial charge on any atom is -0.474 e. The topological polar surface area (TPSA) is 118 Å². The van der Waals surface area contributed by atoms with Crippen LogP contribution in [0.15, 0.2) is 29.3 Å². The van der Waals surface area contributed by atoms with E-state index in [4.69, 9.17) is 9.47 Å². The second kappa shape index (κ2) is 10.9. The number of ether oxygens (including phenoxy) is 2. The number of alkyl halides is 3. The summed E-state index contributed by atoms with van der Waals surface area (Å²) >= 11 is 0. The van der Waals surface area contributed by atoms with Crippen molar-refractivity contribution >= 4 is 28.4 Å². The van der Waals surface area contributed by atoms with E-state index in [0.717, 1.165) is 15.6 Å². The van der Waals surface area contributed by atoms with Gasteiger partial charge in [0.05, 0.1) is 29.4 Å². The fourth-order valence-electron chi connectivity index (χ4n) is 4.57. The molecule has 3 aromatic rings. The molecule has 1 aliphatic heterocycles. The van der Waals surface area contributed by atoms with Gasteiger partial charge >= 0.3 is 12.2 Å². The molecule has 3 aromatic heterocycles. The smallest absolute Gasteiger partial charge is 0.417 e. The van der Waals surface area contributed by atoms with Crippen LogP contribution >= 0.6 is 0 Å². The van der Waals surface area contributed by atoms with Gasteiger partial charge in [0.15, 0.2) is 5.65 Å². The molecule has 2 N–H and O–H groups in total. The second-order valence-corrected chi connectivity index (χ2v) is 9.28. The number of carbonyl (C=O) groups excluding carboxylic acids is 1. The maximum absolute atomic E-state index is 13.2. The van der Waals surface area contributed by atoms with Gasteiger partial charge in [0, 0.05) is 46.0 Å². The first-order valence-electron chi connectivity index (χ1n) is 12.0. The molecule has 0 radical (unpaired) electrons. The highest BCUT2D eigenvalue weighted by atomic mass is 19.4. The lowest BCUT2D eigenvalue weighted by atomic mass is 9.96. The fraction of sp³-hybridized carbons (Fsp3) is 0.500. The molecule has 2 atom stereocenters. The molecular formula is C24H30F3N7O4. The van der Waals surface area contributed by atoms with Crippen molar-refractivity contribution in [2.24, 2.45) is 7.05 Å². The largest absolute Gasteiger partial charge is 0.474 e. The summed E-state index contributed by atoms with van der Waals surface area (Å²) in [5.74, 6) is 0.436. The minimum absolute atomic E-state index is 0.0226. The Balaban J connectivity index is 1.44. The Kier molecular flexibility index (Phi) is 7.81. The number of hydrogen-bond donors (Lipinski definition) is 2. The van der Waals surface area contributed by atoms with E-state index in [-0.39, 0.29) is 12.1 Å². The van der Waals surface area contributed by atoms with E-state index in [2.05, 4.69) is 25.4 Å². The van der Waals surface area contributed by atoms with Gasteiger partial charge in [0.2, 0.25) is 5.88 Å². The number of nitrogens with zero attached hydrogens (tertiary/aromatic N) is 5. The molecule has 0 spiro atoms. The summed E-state index contributed by atoms with van der Waals surface area (Å²) in [6, 6.07) is 1.80. The number of urea groups is 1. The summed E-state index contributed by atoms with van der Waals surface area (Å²) in [5.41, 5.74) is -0.694. The number of carbonyl (C=O) groups is 1. The van der Waals surface area contributed by atoms with Gasteiger partial charge in [-0.3, -0.25) is 9.89 Å². The van der Waals surface area contributed by atoms with E-state index in [1.54, 1.807) is 20.4 Å². The molecule has 0 saturated carbocycles. The lowest BCUT2D eigenvalue weighted by Crippen LogP contribution is -2.50. The van der Waals surface area contributed by atoms with Gasteiger partial charge in [-0.15, -0.1) is 5.10 Å². The van der Waals surface area contributed by atoms with Crippen LogP contribution in [0.4, 0.5) is 29.3 Å². The number of aromatic amines is 1. The van der Waals surface area contributed by atoms with Crippen molar-refractivity contribution in [3.8, 4) is 5.88 Å². The Hall–Kier alpha value is -3.81. The average Bonchev–Trinajstić information content (AvgIpc) is 3.27. The summed E-state index contributed by atoms with van der Waals surface area (Å²) in [7, 11) is 4.37. The molecule has 1 aliphatic rings. The number of halogens is 3. The highest BCUT2D eigenvalue weighted by molar-refractivity contribution is 5.89. The van der Waals surface area contributed by atoms with Crippen molar-refractivity contribution in [1.29, 1.82) is 0 Å². The molecule has 4 heterocycles. The molecule has 4 rings (SSSR count). The molecule has 206 valence electrons. The predicted octanol–water partition coefficient (Wildman–Crippen LogP) is 3.22. The molecule has 2 amide bonds. The van der Waals surface area contributed by atoms with Crippen molar-refractivity contribution in [3.63, 3.8) is 0 Å². The quantitative estimate of drug-likeness (QED) is 0.445. The van der Waals surface area contributed by atoms with Crippen LogP contribution in [-0.2, 0) is 18.0 Å². The van der Waals surface area contributed by atoms with Crippen molar-refractivity contribution in [3.05, 3.63) is 40.4 Å². The summed E-state index contributed by atoms with van der Waals surface area (Å²) in [5, 5.41) is 10.1. The number of nitrogens with one attached hydrogen (secondary N) is 2. The van der Waals surface area contributed by atoms with Crippen LogP contribution in [0.2, 0.25) is 0 Å². The number of amides is 2. The van der Waals surface area contributed by atoms with Crippen LogP contribution in [0.1, 0.15) is 25.3 Å². The van der Waals surface area contributed by atoms with E-state index in [1.807, 2.05) is 13.0 Å². The molecule has 0 aliphatic carbocycles. The lowest BCUT2D eigenvalue weighted by molar-refractivity contribution is -0.138. The number of piperidine rings is 1. The summed E-state index contributed by atoms with van der Waals surface area (Å²) < 4.78 is 51.0. The van der Waals surface area contributed by atoms with Crippen LogP contribution in [0, 0.1) is 0 Å². The zero-order valence-corrected chi connectivity index (χ0v) is 21.5. The number of aromatic nitrogens is 4. The molecule has 0 bridgehead atoms. The molecule has 38 heavy (non-hydrogen) atoms. The summed E-state index contributed by atoms with van der Waals surface area (Å²) in [4.78, 5) is 33.3. The van der Waals surface area contributed by atoms with E-state index < -0.39 is 29.0 Å². The number of aryl methyl sites for hydroxylation is 1. The van der Waals surface area contributed by atoms with E-state index in [9.17, 15) is 22.8 Å². The average molecular weight is 538 g/mol. The molecule has 1 fully saturated rings. The number of rotatable bonds is 7. The van der Waals surface area contributed by atoms with Crippen LogP contribution in [0.25, 0.3) is 11.0 Å². The highest BCUT2D eigenvalue weighted by Gasteiger charge is 2.33. The minimum atomic E-state index is -4.65. The van der Waals surface area contributed by atoms with Crippen LogP contribution in [0.3, 0.4) is 0 Å². The van der Waals surface area contributed by atoms with E-state index >= 15 is 0 Å². The monoisotopic (exact) mass is 537 g/mol. The molecule has 14 heteroatoms. The number of pyridine rings is 2. The Morgan fingerprint density at radius 2 is 2.08 bits per heavy atom. The van der Waals surface area contributed by atoms with Crippen LogP contribution in [0.5, 0.6) is 5.88 Å². The standard InChI is InChI=1S/C24H30F3N7O4/c1-14-9-16(33(3)23(36)29-19-10-15(24(25,26)27)13-32(2)22(19)35)5-6-34(14)17-11-18-20(28-12-17)30-31-21(18)38-8-7-37-4/h10-14,16H,5-9H2,1-4H3,(H,29,36)(H,28,30,31)/t14-,16-/m0/s1. The highest BCUT2D eigenvalue weighted by Crippen LogP contribution is 2.32. The molecule has 0 unspecified atom stereocenters. The van der Waals surface area contributed by atoms with Gasteiger partial charge in [-0.1, -0.05) is 0 Å². The second-order valence-electron chi connectivity index (χ2n) is 9.28. The Morgan fingerprint density at radius 3 is 2.76 bits per heavy atom. The zero-order valence-electron chi connectivity index (χ0n) is 21.5. The van der Waals surface area contributed by atoms with E-state index in [0.29, 0.717) is 56.4 Å². The Morgan fingerprint density at radius 1 is 1.32 bits per heavy atom. The molecule has 0 aromatic carbocycles. The Bertz CT molecular complexity index is 1360. The van der Waals surface area contributed by atoms with E-state index in [1.165, 1.54) is 11.9 Å². The number of fused-ring (bicyclic) bond motifs is 1. The van der Waals surface area contributed by atoms with Crippen LogP contribution < -0.4 is 20.5 Å². The third-order valence-corrected chi connectivity index (χ3v) is 6.69. The maximum atomic E-state index is 13.2. The zero-order chi connectivity index (χ0) is 27.6. The molecule has 11 nitrogen and oxygen atoms in total. The number of H-pyrrole nitrogens is 1. The van der Waals surface area contributed by atoms with Gasteiger partial charge in [0.1, 0.15) is 12.3 Å². The summed E-state index contributed by atoms with van der Waals surface area (Å²) in [6.07, 6.45) is -0.996. The van der Waals surface area contributed by atoms with Crippen molar-refractivity contribution < 1.29 is 27.4 Å². The third-order valence-electron chi connectivity index (χ3n) is 6.69. The van der Waals surface area contributed by atoms with Gasteiger partial charge in [-0.05, 0) is 31.9 Å². The number of anilines is 2. The fourth-order valence-corrected chi connectivity index (χ4v) is 4.57. The van der Waals surface area contributed by atoms with Crippen molar-refractivity contribution in [2.75, 3.05) is 44.1 Å².